The first kappa shape index (κ1) is 17.1. The fourth-order valence-corrected chi connectivity index (χ4v) is 4.74. The molecule has 0 aliphatic carbocycles. The Bertz CT molecular complexity index is 919. The van der Waals surface area contributed by atoms with Gasteiger partial charge in [-0.1, -0.05) is 30.3 Å². The molecule has 2 amide bonds. The molecular weight excluding hydrogens is 358 g/mol. The lowest BCUT2D eigenvalue weighted by Gasteiger charge is -2.33. The first-order valence-electron chi connectivity index (χ1n) is 9.46. The molecule has 0 radical (unpaired) electrons. The number of anilines is 1. The zero-order valence-electron chi connectivity index (χ0n) is 15.5. The average Bonchev–Trinajstić information content (AvgIpc) is 3.37. The highest BCUT2D eigenvalue weighted by molar-refractivity contribution is 5.95. The van der Waals surface area contributed by atoms with Crippen LogP contribution in [0.1, 0.15) is 34.8 Å². The third-order valence-corrected chi connectivity index (χ3v) is 6.02. The second kappa shape index (κ2) is 6.27. The first-order valence-corrected chi connectivity index (χ1v) is 9.46. The zero-order chi connectivity index (χ0) is 19.3. The van der Waals surface area contributed by atoms with Crippen LogP contribution in [0.3, 0.4) is 0 Å². The fourth-order valence-electron chi connectivity index (χ4n) is 4.74. The third kappa shape index (κ3) is 2.34. The monoisotopic (exact) mass is 379 g/mol. The Labute approximate surface area is 162 Å². The average molecular weight is 379 g/mol. The van der Waals surface area contributed by atoms with E-state index in [0.29, 0.717) is 31.1 Å². The van der Waals surface area contributed by atoms with Crippen LogP contribution >= 0.6 is 0 Å². The van der Waals surface area contributed by atoms with Crippen molar-refractivity contribution in [2.75, 3.05) is 25.5 Å². The van der Waals surface area contributed by atoms with E-state index >= 15 is 0 Å². The molecule has 0 saturated carbocycles. The molecule has 3 atom stereocenters. The number of likely N-dealkylation sites (tertiary alicyclic amines) is 1. The van der Waals surface area contributed by atoms with Crippen molar-refractivity contribution in [2.24, 2.45) is 0 Å². The highest BCUT2D eigenvalue weighted by atomic mass is 16.5. The van der Waals surface area contributed by atoms with Gasteiger partial charge in [-0.2, -0.15) is 0 Å². The van der Waals surface area contributed by atoms with Crippen LogP contribution in [0.25, 0.3) is 0 Å². The van der Waals surface area contributed by atoms with Crippen LogP contribution in [0.15, 0.2) is 42.7 Å². The first-order chi connectivity index (χ1) is 13.6. The summed E-state index contributed by atoms with van der Waals surface area (Å²) in [6.45, 7) is 0.997. The van der Waals surface area contributed by atoms with E-state index in [1.165, 1.54) is 12.4 Å². The molecule has 144 valence electrons. The van der Waals surface area contributed by atoms with Gasteiger partial charge in [0.2, 0.25) is 11.9 Å². The maximum atomic E-state index is 13.1. The molecule has 28 heavy (non-hydrogen) atoms. The Hall–Kier alpha value is -3.00. The van der Waals surface area contributed by atoms with Crippen molar-refractivity contribution in [3.05, 3.63) is 53.9 Å². The molecule has 1 aromatic carbocycles. The van der Waals surface area contributed by atoms with Crippen molar-refractivity contribution in [1.29, 1.82) is 0 Å². The minimum absolute atomic E-state index is 0.0376. The van der Waals surface area contributed by atoms with Crippen LogP contribution in [0, 0.1) is 0 Å². The smallest absolute Gasteiger partial charge is 0.257 e. The normalized spacial score (nSPS) is 28.4. The van der Waals surface area contributed by atoms with E-state index in [4.69, 9.17) is 4.74 Å². The minimum atomic E-state index is -0.723. The van der Waals surface area contributed by atoms with Crippen LogP contribution in [0.4, 0.5) is 5.95 Å². The summed E-state index contributed by atoms with van der Waals surface area (Å²) in [5.41, 5.74) is 0.757. The Morgan fingerprint density at radius 3 is 2.71 bits per heavy atom. The number of ether oxygens (including phenoxy) is 1. The van der Waals surface area contributed by atoms with Gasteiger partial charge in [0.15, 0.2) is 5.72 Å². The molecule has 5 rings (SSSR count). The summed E-state index contributed by atoms with van der Waals surface area (Å²) in [6, 6.07) is 9.55. The van der Waals surface area contributed by atoms with E-state index < -0.39 is 5.72 Å². The largest absolute Gasteiger partial charge is 0.357 e. The van der Waals surface area contributed by atoms with Gasteiger partial charge in [-0.05, 0) is 5.56 Å². The SMILES string of the molecule is CNc1ncc(C(=O)N2CC[C@@]34OC[C@@H](c5ccccc5)N3C(=O)C[C@@H]24)cn1. The molecule has 3 saturated heterocycles. The summed E-state index contributed by atoms with van der Waals surface area (Å²) >= 11 is 0. The number of hydrogen-bond acceptors (Lipinski definition) is 6. The predicted molar refractivity (Wildman–Crippen MR) is 100 cm³/mol. The van der Waals surface area contributed by atoms with E-state index in [0.717, 1.165) is 5.56 Å². The van der Waals surface area contributed by atoms with E-state index in [1.807, 2.05) is 35.2 Å². The lowest BCUT2D eigenvalue weighted by atomic mass is 10.0. The molecule has 2 aromatic rings. The van der Waals surface area contributed by atoms with Crippen LogP contribution in [-0.2, 0) is 9.53 Å². The van der Waals surface area contributed by atoms with Crippen molar-refractivity contribution in [1.82, 2.24) is 19.8 Å². The topological polar surface area (TPSA) is 87.7 Å². The third-order valence-electron chi connectivity index (χ3n) is 6.02. The molecule has 3 fully saturated rings. The van der Waals surface area contributed by atoms with Gasteiger partial charge in [-0.3, -0.25) is 9.59 Å². The number of carbonyl (C=O) groups excluding carboxylic acids is 2. The van der Waals surface area contributed by atoms with Crippen molar-refractivity contribution < 1.29 is 14.3 Å². The standard InChI is InChI=1S/C20H21N5O3/c1-21-19-22-10-14(11-23-19)18(27)24-8-7-20-16(24)9-17(26)25(20)15(12-28-20)13-5-3-2-4-6-13/h2-6,10-11,15-16H,7-9,12H2,1H3,(H,21,22,23)/t15-,16+,20-/m0/s1. The molecular formula is C20H21N5O3. The fraction of sp³-hybridized carbons (Fsp3) is 0.400. The van der Waals surface area contributed by atoms with Gasteiger partial charge in [0.1, 0.15) is 0 Å². The second-order valence-corrected chi connectivity index (χ2v) is 7.36. The van der Waals surface area contributed by atoms with Crippen LogP contribution in [0.5, 0.6) is 0 Å². The van der Waals surface area contributed by atoms with Gasteiger partial charge in [-0.15, -0.1) is 0 Å². The maximum absolute atomic E-state index is 13.1. The summed E-state index contributed by atoms with van der Waals surface area (Å²) in [7, 11) is 1.72. The molecule has 0 unspecified atom stereocenters. The number of amides is 2. The second-order valence-electron chi connectivity index (χ2n) is 7.36. The summed E-state index contributed by atoms with van der Waals surface area (Å²) in [4.78, 5) is 37.9. The van der Waals surface area contributed by atoms with Gasteiger partial charge in [0.25, 0.3) is 5.91 Å². The zero-order valence-corrected chi connectivity index (χ0v) is 15.5. The van der Waals surface area contributed by atoms with Gasteiger partial charge < -0.3 is 19.9 Å². The Morgan fingerprint density at radius 1 is 1.25 bits per heavy atom. The highest BCUT2D eigenvalue weighted by Gasteiger charge is 2.65. The number of benzene rings is 1. The molecule has 1 spiro atoms. The minimum Gasteiger partial charge on any atom is -0.357 e. The van der Waals surface area contributed by atoms with Crippen LogP contribution in [-0.4, -0.2) is 63.5 Å². The lowest BCUT2D eigenvalue weighted by molar-refractivity contribution is -0.138. The molecule has 8 nitrogen and oxygen atoms in total. The van der Waals surface area contributed by atoms with Crippen molar-refractivity contribution in [3.63, 3.8) is 0 Å². The Morgan fingerprint density at radius 2 is 2.00 bits per heavy atom. The molecule has 4 heterocycles. The van der Waals surface area contributed by atoms with Gasteiger partial charge in [0.05, 0.1) is 30.7 Å². The van der Waals surface area contributed by atoms with Crippen molar-refractivity contribution in [3.8, 4) is 0 Å². The van der Waals surface area contributed by atoms with Crippen molar-refractivity contribution >= 4 is 17.8 Å². The van der Waals surface area contributed by atoms with Crippen molar-refractivity contribution in [2.45, 2.75) is 30.7 Å². The highest BCUT2D eigenvalue weighted by Crippen LogP contribution is 2.51. The molecule has 1 aromatic heterocycles. The maximum Gasteiger partial charge on any atom is 0.257 e. The molecule has 3 aliphatic heterocycles. The number of carbonyl (C=O) groups is 2. The summed E-state index contributed by atoms with van der Waals surface area (Å²) in [5, 5.41) is 2.84. The summed E-state index contributed by atoms with van der Waals surface area (Å²) in [5.74, 6) is 0.336. The van der Waals surface area contributed by atoms with E-state index in [1.54, 1.807) is 11.9 Å². The van der Waals surface area contributed by atoms with Gasteiger partial charge in [-0.25, -0.2) is 9.97 Å². The number of aromatic nitrogens is 2. The van der Waals surface area contributed by atoms with Gasteiger partial charge >= 0.3 is 0 Å². The predicted octanol–water partition coefficient (Wildman–Crippen LogP) is 1.43. The quantitative estimate of drug-likeness (QED) is 0.868. The summed E-state index contributed by atoms with van der Waals surface area (Å²) < 4.78 is 6.25. The number of rotatable bonds is 3. The molecule has 0 bridgehead atoms. The lowest BCUT2D eigenvalue weighted by Crippen LogP contribution is -2.49. The van der Waals surface area contributed by atoms with E-state index in [-0.39, 0.29) is 30.3 Å². The van der Waals surface area contributed by atoms with Crippen LogP contribution < -0.4 is 5.32 Å². The number of hydrogen-bond donors (Lipinski definition) is 1. The Balaban J connectivity index is 1.43. The number of nitrogens with zero attached hydrogens (tertiary/aromatic N) is 4. The summed E-state index contributed by atoms with van der Waals surface area (Å²) in [6.07, 6.45) is 3.93. The van der Waals surface area contributed by atoms with Crippen LogP contribution in [0.2, 0.25) is 0 Å². The van der Waals surface area contributed by atoms with E-state index in [9.17, 15) is 9.59 Å². The molecule has 8 heteroatoms. The number of nitrogens with one attached hydrogen (secondary N) is 1. The van der Waals surface area contributed by atoms with E-state index in [2.05, 4.69) is 15.3 Å². The molecule has 1 N–H and O–H groups in total. The Kier molecular flexibility index (Phi) is 3.83. The van der Waals surface area contributed by atoms with Gasteiger partial charge in [0, 0.05) is 32.4 Å². The molecule has 3 aliphatic rings.